The minimum atomic E-state index is -0.331. The molecule has 1 aliphatic heterocycles. The fraction of sp³-hybridized carbons (Fsp3) is 0.238. The van der Waals surface area contributed by atoms with Crippen molar-refractivity contribution in [2.45, 2.75) is 23.7 Å². The molecule has 150 valence electrons. The molecule has 1 aliphatic rings. The predicted molar refractivity (Wildman–Crippen MR) is 111 cm³/mol. The number of amides is 1. The molecule has 29 heavy (non-hydrogen) atoms. The second kappa shape index (κ2) is 9.39. The van der Waals surface area contributed by atoms with E-state index in [1.807, 2.05) is 29.6 Å². The van der Waals surface area contributed by atoms with Gasteiger partial charge < -0.3 is 14.8 Å². The van der Waals surface area contributed by atoms with E-state index in [2.05, 4.69) is 10.3 Å². The van der Waals surface area contributed by atoms with E-state index in [0.717, 1.165) is 16.2 Å². The van der Waals surface area contributed by atoms with Crippen LogP contribution in [0.4, 0.5) is 4.39 Å². The monoisotopic (exact) mass is 430 g/mol. The number of rotatable bonds is 7. The van der Waals surface area contributed by atoms with Crippen molar-refractivity contribution < 1.29 is 18.7 Å². The molecular formula is C21H19FN2O3S2. The van der Waals surface area contributed by atoms with Gasteiger partial charge in [-0.2, -0.15) is 0 Å². The molecule has 0 fully saturated rings. The Labute approximate surface area is 176 Å². The topological polar surface area (TPSA) is 60.5 Å². The highest BCUT2D eigenvalue weighted by atomic mass is 32.2. The molecule has 0 saturated heterocycles. The van der Waals surface area contributed by atoms with Gasteiger partial charge in [0.05, 0.1) is 23.4 Å². The Morgan fingerprint density at radius 1 is 1.31 bits per heavy atom. The number of thiazole rings is 1. The molecule has 1 N–H and O–H groups in total. The molecule has 0 spiro atoms. The summed E-state index contributed by atoms with van der Waals surface area (Å²) < 4.78 is 24.6. The van der Waals surface area contributed by atoms with E-state index < -0.39 is 0 Å². The van der Waals surface area contributed by atoms with Gasteiger partial charge >= 0.3 is 0 Å². The van der Waals surface area contributed by atoms with Gasteiger partial charge in [0.25, 0.3) is 5.91 Å². The van der Waals surface area contributed by atoms with Gasteiger partial charge in [-0.25, -0.2) is 9.37 Å². The van der Waals surface area contributed by atoms with E-state index >= 15 is 0 Å². The van der Waals surface area contributed by atoms with Crippen LogP contribution in [0.3, 0.4) is 0 Å². The second-order valence-electron chi connectivity index (χ2n) is 6.43. The zero-order valence-corrected chi connectivity index (χ0v) is 17.2. The van der Waals surface area contributed by atoms with Crippen molar-refractivity contribution in [2.24, 2.45) is 0 Å². The Bertz CT molecular complexity index is 996. The lowest BCUT2D eigenvalue weighted by Crippen LogP contribution is -2.26. The second-order valence-corrected chi connectivity index (χ2v) is 8.17. The first-order chi connectivity index (χ1) is 14.2. The van der Waals surface area contributed by atoms with Gasteiger partial charge in [-0.15, -0.1) is 23.1 Å². The van der Waals surface area contributed by atoms with Gasteiger partial charge in [-0.05, 0) is 36.2 Å². The maximum Gasteiger partial charge on any atom is 0.252 e. The number of ether oxygens (including phenoxy) is 2. The summed E-state index contributed by atoms with van der Waals surface area (Å²) in [6.45, 7) is 0.863. The zero-order chi connectivity index (χ0) is 20.1. The molecule has 0 atom stereocenters. The van der Waals surface area contributed by atoms with Crippen LogP contribution in [0.25, 0.3) is 0 Å². The number of carbonyl (C=O) groups is 1. The normalized spacial score (nSPS) is 12.9. The highest BCUT2D eigenvalue weighted by Gasteiger charge is 2.17. The average molecular weight is 431 g/mol. The number of nitrogens with one attached hydrogen (secondary N) is 1. The van der Waals surface area contributed by atoms with Crippen LogP contribution in [0.2, 0.25) is 0 Å². The smallest absolute Gasteiger partial charge is 0.252 e. The summed E-state index contributed by atoms with van der Waals surface area (Å²) >= 11 is 3.14. The van der Waals surface area contributed by atoms with E-state index in [1.165, 1.54) is 12.1 Å². The highest BCUT2D eigenvalue weighted by Crippen LogP contribution is 2.30. The van der Waals surface area contributed by atoms with Crippen molar-refractivity contribution in [1.29, 1.82) is 0 Å². The maximum atomic E-state index is 13.9. The number of hydrogen-bond acceptors (Lipinski definition) is 6. The number of fused-ring (bicyclic) bond motifs is 1. The van der Waals surface area contributed by atoms with Crippen LogP contribution in [-0.4, -0.2) is 24.2 Å². The Hall–Kier alpha value is -2.42. The number of carbonyl (C=O) groups excluding carboxylic acids is 1. The van der Waals surface area contributed by atoms with Crippen molar-refractivity contribution in [1.82, 2.24) is 10.3 Å². The third-order valence-corrected chi connectivity index (χ3v) is 6.16. The summed E-state index contributed by atoms with van der Waals surface area (Å²) in [5.74, 6) is 0.887. The molecule has 1 amide bonds. The van der Waals surface area contributed by atoms with Crippen LogP contribution in [0, 0.1) is 5.82 Å². The Balaban J connectivity index is 1.39. The lowest BCUT2D eigenvalue weighted by Gasteiger charge is -2.21. The van der Waals surface area contributed by atoms with Crippen LogP contribution >= 0.6 is 23.1 Å². The number of thioether (sulfide) groups is 1. The van der Waals surface area contributed by atoms with Crippen molar-refractivity contribution in [3.05, 3.63) is 75.5 Å². The summed E-state index contributed by atoms with van der Waals surface area (Å²) in [6, 6.07) is 10.4. The first kappa shape index (κ1) is 19.9. The Morgan fingerprint density at radius 2 is 2.21 bits per heavy atom. The van der Waals surface area contributed by atoms with Gasteiger partial charge in [0, 0.05) is 28.1 Å². The van der Waals surface area contributed by atoms with E-state index in [1.54, 1.807) is 28.6 Å². The molecule has 0 saturated carbocycles. The number of benzene rings is 2. The Morgan fingerprint density at radius 3 is 3.07 bits per heavy atom. The van der Waals surface area contributed by atoms with Gasteiger partial charge in [0.15, 0.2) is 6.79 Å². The Kier molecular flexibility index (Phi) is 6.43. The van der Waals surface area contributed by atoms with Crippen LogP contribution in [0.5, 0.6) is 5.75 Å². The maximum absolute atomic E-state index is 13.9. The van der Waals surface area contributed by atoms with E-state index in [4.69, 9.17) is 9.47 Å². The number of nitrogens with zero attached hydrogens (tertiary/aromatic N) is 1. The van der Waals surface area contributed by atoms with Gasteiger partial charge in [0.2, 0.25) is 0 Å². The van der Waals surface area contributed by atoms with Crippen LogP contribution in [-0.2, 0) is 23.5 Å². The summed E-state index contributed by atoms with van der Waals surface area (Å²) in [5, 5.41) is 4.93. The van der Waals surface area contributed by atoms with Crippen LogP contribution in [0.1, 0.15) is 27.2 Å². The molecule has 3 aromatic rings. The lowest BCUT2D eigenvalue weighted by molar-refractivity contribution is -0.0172. The van der Waals surface area contributed by atoms with Crippen molar-refractivity contribution in [2.75, 3.05) is 13.3 Å². The third kappa shape index (κ3) is 4.95. The summed E-state index contributed by atoms with van der Waals surface area (Å²) in [5.41, 5.74) is 4.85. The summed E-state index contributed by atoms with van der Waals surface area (Å²) in [7, 11) is 0. The number of aromatic nitrogens is 1. The minimum Gasteiger partial charge on any atom is -0.467 e. The first-order valence-electron chi connectivity index (χ1n) is 9.09. The lowest BCUT2D eigenvalue weighted by atomic mass is 10.1. The fourth-order valence-corrected chi connectivity index (χ4v) is 4.71. The van der Waals surface area contributed by atoms with E-state index in [0.29, 0.717) is 42.2 Å². The first-order valence-corrected chi connectivity index (χ1v) is 11.0. The largest absolute Gasteiger partial charge is 0.467 e. The average Bonchev–Trinajstić information content (AvgIpc) is 3.26. The molecule has 2 aromatic carbocycles. The molecule has 2 heterocycles. The SMILES string of the molecule is O=C(NCCc1cc(F)cc2c1OCOC2)c1ccccc1SCc1cscn1. The minimum absolute atomic E-state index is 0.152. The summed E-state index contributed by atoms with van der Waals surface area (Å²) in [4.78, 5) is 17.9. The molecule has 4 rings (SSSR count). The molecule has 5 nitrogen and oxygen atoms in total. The van der Waals surface area contributed by atoms with Crippen LogP contribution in [0.15, 0.2) is 52.2 Å². The molecular weight excluding hydrogens is 411 g/mol. The fourth-order valence-electron chi connectivity index (χ4n) is 3.09. The molecule has 8 heteroatoms. The molecule has 0 aliphatic carbocycles. The molecule has 0 bridgehead atoms. The third-order valence-electron chi connectivity index (χ3n) is 4.42. The number of halogens is 1. The quantitative estimate of drug-likeness (QED) is 0.563. The van der Waals surface area contributed by atoms with Gasteiger partial charge in [-0.3, -0.25) is 4.79 Å². The zero-order valence-electron chi connectivity index (χ0n) is 15.5. The molecule has 0 unspecified atom stereocenters. The van der Waals surface area contributed by atoms with Crippen molar-refractivity contribution in [3.8, 4) is 5.75 Å². The number of hydrogen-bond donors (Lipinski definition) is 1. The predicted octanol–water partition coefficient (Wildman–Crippen LogP) is 4.41. The highest BCUT2D eigenvalue weighted by molar-refractivity contribution is 7.98. The van der Waals surface area contributed by atoms with Crippen molar-refractivity contribution in [3.63, 3.8) is 0 Å². The summed E-state index contributed by atoms with van der Waals surface area (Å²) in [6.07, 6.45) is 0.472. The van der Waals surface area contributed by atoms with Crippen molar-refractivity contribution >= 4 is 29.0 Å². The molecule has 1 aromatic heterocycles. The molecule has 0 radical (unpaired) electrons. The van der Waals surface area contributed by atoms with Gasteiger partial charge in [0.1, 0.15) is 11.6 Å². The van der Waals surface area contributed by atoms with Gasteiger partial charge in [-0.1, -0.05) is 12.1 Å². The van der Waals surface area contributed by atoms with E-state index in [-0.39, 0.29) is 18.5 Å². The van der Waals surface area contributed by atoms with Crippen LogP contribution < -0.4 is 10.1 Å². The van der Waals surface area contributed by atoms with E-state index in [9.17, 15) is 9.18 Å². The standard InChI is InChI=1S/C21H19FN2O3S2/c22-16-7-14(20-15(8-16)9-26-13-27-20)5-6-23-21(25)18-3-1-2-4-19(18)29-11-17-10-28-12-24-17/h1-4,7-8,10,12H,5-6,9,11,13H2,(H,23,25).